The number of anilines is 1. The second kappa shape index (κ2) is 7.88. The molecule has 130 valence electrons. The minimum Gasteiger partial charge on any atom is -0.448 e. The number of amides is 2. The van der Waals surface area contributed by atoms with Gasteiger partial charge in [0.25, 0.3) is 5.91 Å². The van der Waals surface area contributed by atoms with E-state index in [9.17, 15) is 19.6 Å². The number of aromatic nitrogens is 1. The highest BCUT2D eigenvalue weighted by atomic mass is 32.1. The topological polar surface area (TPSA) is 121 Å². The molecule has 1 aromatic heterocycles. The zero-order chi connectivity index (χ0) is 18.5. The lowest BCUT2D eigenvalue weighted by molar-refractivity contribution is -0.130. The molecule has 1 heterocycles. The molecule has 2 amide bonds. The van der Waals surface area contributed by atoms with Crippen molar-refractivity contribution in [1.82, 2.24) is 10.3 Å². The van der Waals surface area contributed by atoms with Gasteiger partial charge < -0.3 is 15.4 Å². The van der Waals surface area contributed by atoms with E-state index in [1.165, 1.54) is 19.2 Å². The fourth-order valence-electron chi connectivity index (χ4n) is 1.51. The highest BCUT2D eigenvalue weighted by Crippen LogP contribution is 2.18. The van der Waals surface area contributed by atoms with E-state index in [0.717, 1.165) is 11.3 Å². The summed E-state index contributed by atoms with van der Waals surface area (Å²) in [4.78, 5) is 39.0. The third-order valence-corrected chi connectivity index (χ3v) is 4.18. The molecule has 2 N–H and O–H groups in total. The molecule has 24 heavy (non-hydrogen) atoms. The minimum atomic E-state index is -1.09. The lowest BCUT2D eigenvalue weighted by Gasteiger charge is -2.28. The number of carbonyl (C=O) groups is 3. The zero-order valence-corrected chi connectivity index (χ0v) is 15.0. The number of carbonyl (C=O) groups excluding carboxylic acids is 3. The highest BCUT2D eigenvalue weighted by Gasteiger charge is 2.32. The van der Waals surface area contributed by atoms with Crippen LogP contribution in [0.3, 0.4) is 0 Å². The number of hydrogen-bond acceptors (Lipinski definition) is 7. The second-order valence-electron chi connectivity index (χ2n) is 5.72. The Bertz CT molecular complexity index is 679. The summed E-state index contributed by atoms with van der Waals surface area (Å²) in [6, 6.07) is 2.05. The van der Waals surface area contributed by atoms with Crippen LogP contribution >= 0.6 is 11.3 Å². The zero-order valence-electron chi connectivity index (χ0n) is 14.2. The number of nitrogens with zero attached hydrogens (tertiary/aromatic N) is 2. The van der Waals surface area contributed by atoms with Gasteiger partial charge in [0.05, 0.1) is 6.07 Å². The van der Waals surface area contributed by atoms with Crippen molar-refractivity contribution in [3.63, 3.8) is 0 Å². The van der Waals surface area contributed by atoms with Gasteiger partial charge in [0.15, 0.2) is 16.9 Å². The minimum absolute atomic E-state index is 0.00435. The van der Waals surface area contributed by atoms with Gasteiger partial charge in [0.1, 0.15) is 5.54 Å². The van der Waals surface area contributed by atoms with Gasteiger partial charge in [-0.15, -0.1) is 11.3 Å². The maximum absolute atomic E-state index is 12.1. The van der Waals surface area contributed by atoms with Crippen LogP contribution in [0.4, 0.5) is 5.13 Å². The van der Waals surface area contributed by atoms with Crippen LogP contribution in [-0.2, 0) is 14.3 Å². The Morgan fingerprint density at radius 3 is 2.50 bits per heavy atom. The summed E-state index contributed by atoms with van der Waals surface area (Å²) < 4.78 is 5.06. The lowest BCUT2D eigenvalue weighted by atomic mass is 9.90. The number of rotatable bonds is 6. The highest BCUT2D eigenvalue weighted by molar-refractivity contribution is 7.14. The van der Waals surface area contributed by atoms with Crippen LogP contribution in [0.25, 0.3) is 0 Å². The summed E-state index contributed by atoms with van der Waals surface area (Å²) in [5, 5.41) is 15.9. The van der Waals surface area contributed by atoms with Gasteiger partial charge in [0, 0.05) is 12.3 Å². The number of ether oxygens (including phenoxy) is 1. The number of esters is 1. The molecule has 0 aromatic carbocycles. The van der Waals surface area contributed by atoms with E-state index >= 15 is 0 Å². The van der Waals surface area contributed by atoms with Crippen molar-refractivity contribution in [2.24, 2.45) is 5.92 Å². The monoisotopic (exact) mass is 352 g/mol. The third kappa shape index (κ3) is 5.03. The lowest BCUT2D eigenvalue weighted by Crippen LogP contribution is -2.52. The van der Waals surface area contributed by atoms with Gasteiger partial charge in [-0.05, 0) is 19.8 Å². The van der Waals surface area contributed by atoms with Crippen molar-refractivity contribution in [3.8, 4) is 6.07 Å². The van der Waals surface area contributed by atoms with Gasteiger partial charge in [-0.2, -0.15) is 5.26 Å². The van der Waals surface area contributed by atoms with Crippen LogP contribution in [0.2, 0.25) is 0 Å². The maximum atomic E-state index is 12.1. The number of hydrogen-bond donors (Lipinski definition) is 2. The van der Waals surface area contributed by atoms with Crippen LogP contribution in [0, 0.1) is 17.2 Å². The van der Waals surface area contributed by atoms with Crippen molar-refractivity contribution >= 4 is 34.3 Å². The molecule has 9 heteroatoms. The first-order valence-electron chi connectivity index (χ1n) is 7.26. The summed E-state index contributed by atoms with van der Waals surface area (Å²) in [5.74, 6) is -1.78. The average molecular weight is 352 g/mol. The molecule has 0 bridgehead atoms. The normalized spacial score (nSPS) is 14.2. The molecule has 2 atom stereocenters. The van der Waals surface area contributed by atoms with E-state index < -0.39 is 23.5 Å². The maximum Gasteiger partial charge on any atom is 0.358 e. The van der Waals surface area contributed by atoms with Crippen molar-refractivity contribution in [2.45, 2.75) is 46.3 Å². The quantitative estimate of drug-likeness (QED) is 0.752. The van der Waals surface area contributed by atoms with Crippen LogP contribution < -0.4 is 10.6 Å². The van der Waals surface area contributed by atoms with Crippen LogP contribution in [0.15, 0.2) is 5.38 Å². The summed E-state index contributed by atoms with van der Waals surface area (Å²) in [7, 11) is 0. The van der Waals surface area contributed by atoms with E-state index in [1.807, 2.05) is 6.07 Å². The molecule has 0 spiro atoms. The van der Waals surface area contributed by atoms with Gasteiger partial charge in [-0.3, -0.25) is 9.59 Å². The largest absolute Gasteiger partial charge is 0.448 e. The van der Waals surface area contributed by atoms with E-state index in [0.29, 0.717) is 0 Å². The van der Waals surface area contributed by atoms with E-state index in [1.54, 1.807) is 20.8 Å². The molecule has 2 unspecified atom stereocenters. The fraction of sp³-hybridized carbons (Fsp3) is 0.533. The Hall–Kier alpha value is -2.47. The summed E-state index contributed by atoms with van der Waals surface area (Å²) >= 11 is 1.07. The predicted octanol–water partition coefficient (Wildman–Crippen LogP) is 1.70. The van der Waals surface area contributed by atoms with Crippen LogP contribution in [-0.4, -0.2) is 34.4 Å². The third-order valence-electron chi connectivity index (χ3n) is 3.42. The molecule has 0 aliphatic carbocycles. The number of nitriles is 1. The van der Waals surface area contributed by atoms with E-state index in [2.05, 4.69) is 15.6 Å². The standard InChI is InChI=1S/C15H20N4O4S/c1-8(2)15(5,7-16)19-12(21)9(3)23-13(22)11-6-24-14(18-11)17-10(4)20/h6,8-9H,1-5H3,(H,19,21)(H,17,18,20). The molecule has 0 fully saturated rings. The Labute approximate surface area is 144 Å². The van der Waals surface area contributed by atoms with Crippen molar-refractivity contribution in [1.29, 1.82) is 5.26 Å². The number of thiazole rings is 1. The fourth-order valence-corrected chi connectivity index (χ4v) is 2.23. The molecular weight excluding hydrogens is 332 g/mol. The number of nitrogens with one attached hydrogen (secondary N) is 2. The summed E-state index contributed by atoms with van der Waals surface area (Å²) in [5.41, 5.74) is -1.06. The Balaban J connectivity index is 2.70. The summed E-state index contributed by atoms with van der Waals surface area (Å²) in [6.45, 7) is 7.95. The molecular formula is C15H20N4O4S. The Morgan fingerprint density at radius 2 is 2.00 bits per heavy atom. The SMILES string of the molecule is CC(=O)Nc1nc(C(=O)OC(C)C(=O)NC(C)(C#N)C(C)C)cs1. The molecule has 1 aromatic rings. The molecule has 0 saturated carbocycles. The first-order valence-corrected chi connectivity index (χ1v) is 8.14. The predicted molar refractivity (Wildman–Crippen MR) is 88.3 cm³/mol. The Kier molecular flexibility index (Phi) is 6.42. The van der Waals surface area contributed by atoms with E-state index in [4.69, 9.17) is 4.74 Å². The molecule has 1 rings (SSSR count). The second-order valence-corrected chi connectivity index (χ2v) is 6.58. The van der Waals surface area contributed by atoms with Crippen LogP contribution in [0.1, 0.15) is 45.1 Å². The Morgan fingerprint density at radius 1 is 1.38 bits per heavy atom. The molecule has 8 nitrogen and oxygen atoms in total. The van der Waals surface area contributed by atoms with Crippen molar-refractivity contribution in [3.05, 3.63) is 11.1 Å². The smallest absolute Gasteiger partial charge is 0.358 e. The van der Waals surface area contributed by atoms with E-state index in [-0.39, 0.29) is 22.7 Å². The van der Waals surface area contributed by atoms with Gasteiger partial charge in [-0.25, -0.2) is 9.78 Å². The molecule has 0 aliphatic rings. The summed E-state index contributed by atoms with van der Waals surface area (Å²) in [6.07, 6.45) is -1.09. The molecule has 0 aliphatic heterocycles. The van der Waals surface area contributed by atoms with Gasteiger partial charge in [-0.1, -0.05) is 13.8 Å². The average Bonchev–Trinajstić information content (AvgIpc) is 2.94. The van der Waals surface area contributed by atoms with Gasteiger partial charge in [0.2, 0.25) is 5.91 Å². The first kappa shape index (κ1) is 19.6. The van der Waals surface area contributed by atoms with Crippen molar-refractivity contribution in [2.75, 3.05) is 5.32 Å². The first-order chi connectivity index (χ1) is 11.1. The molecule has 0 saturated heterocycles. The molecule has 0 radical (unpaired) electrons. The van der Waals surface area contributed by atoms with Gasteiger partial charge >= 0.3 is 5.97 Å². The van der Waals surface area contributed by atoms with Crippen molar-refractivity contribution < 1.29 is 19.1 Å². The van der Waals surface area contributed by atoms with Crippen LogP contribution in [0.5, 0.6) is 0 Å².